The van der Waals surface area contributed by atoms with Crippen LogP contribution in [0.2, 0.25) is 0 Å². The second kappa shape index (κ2) is 9.26. The van der Waals surface area contributed by atoms with Crippen LogP contribution in [0.25, 0.3) is 27.6 Å². The molecular formula is C29H22N8O. The molecule has 2 N–H and O–H groups in total. The van der Waals surface area contributed by atoms with E-state index in [2.05, 4.69) is 26.8 Å². The topological polar surface area (TPSA) is 117 Å². The normalized spacial score (nSPS) is 11.0. The van der Waals surface area contributed by atoms with Gasteiger partial charge in [0.2, 0.25) is 0 Å². The SMILES string of the molecule is Cc1ccccc1-n1c(Cn2nc(C#Cc3ccccn3)c3c(N)ncnc32)nc2cccc(C)c2c1=O. The molecule has 4 heterocycles. The molecule has 9 heteroatoms. The second-order valence-electron chi connectivity index (χ2n) is 8.85. The van der Waals surface area contributed by atoms with Crippen molar-refractivity contribution in [2.45, 2.75) is 20.4 Å². The van der Waals surface area contributed by atoms with Crippen molar-refractivity contribution < 1.29 is 0 Å². The number of para-hydroxylation sites is 1. The fourth-order valence-electron chi connectivity index (χ4n) is 4.53. The third kappa shape index (κ3) is 3.94. The lowest BCUT2D eigenvalue weighted by Crippen LogP contribution is -2.26. The van der Waals surface area contributed by atoms with Crippen LogP contribution in [-0.2, 0) is 6.54 Å². The number of nitrogens with two attached hydrogens (primary N) is 1. The number of aryl methyl sites for hydroxylation is 2. The zero-order chi connectivity index (χ0) is 26.2. The van der Waals surface area contributed by atoms with Gasteiger partial charge in [0.15, 0.2) is 5.65 Å². The minimum atomic E-state index is -0.141. The summed E-state index contributed by atoms with van der Waals surface area (Å²) in [5, 5.41) is 5.84. The average molecular weight is 499 g/mol. The molecule has 0 saturated heterocycles. The maximum absolute atomic E-state index is 13.9. The number of fused-ring (bicyclic) bond motifs is 2. The molecule has 0 amide bonds. The first kappa shape index (κ1) is 23.1. The number of nitrogen functional groups attached to an aromatic ring is 1. The number of nitrogens with zero attached hydrogens (tertiary/aromatic N) is 7. The summed E-state index contributed by atoms with van der Waals surface area (Å²) >= 11 is 0. The number of aromatic nitrogens is 7. The second-order valence-corrected chi connectivity index (χ2v) is 8.85. The van der Waals surface area contributed by atoms with Gasteiger partial charge in [0.05, 0.1) is 22.0 Å². The lowest BCUT2D eigenvalue weighted by Gasteiger charge is -2.16. The van der Waals surface area contributed by atoms with E-state index >= 15 is 0 Å². The zero-order valence-electron chi connectivity index (χ0n) is 20.8. The van der Waals surface area contributed by atoms with Crippen molar-refractivity contribution >= 4 is 27.8 Å². The number of hydrogen-bond donors (Lipinski definition) is 1. The maximum Gasteiger partial charge on any atom is 0.266 e. The maximum atomic E-state index is 13.9. The molecule has 6 aromatic rings. The molecule has 2 aromatic carbocycles. The number of pyridine rings is 1. The Morgan fingerprint density at radius 3 is 2.50 bits per heavy atom. The van der Waals surface area contributed by atoms with Gasteiger partial charge >= 0.3 is 0 Å². The Labute approximate surface area is 217 Å². The van der Waals surface area contributed by atoms with E-state index in [4.69, 9.17) is 15.8 Å². The molecule has 0 unspecified atom stereocenters. The standard InChI is InChI=1S/C29H22N8O/c1-18-8-3-4-12-23(18)37-24(34-21-11-7-9-19(2)25(21)29(37)38)16-36-28-26(27(30)32-17-33-28)22(35-36)14-13-20-10-5-6-15-31-20/h3-12,15,17H,16H2,1-2H3,(H2,30,32,33). The van der Waals surface area contributed by atoms with Gasteiger partial charge in [0, 0.05) is 6.20 Å². The van der Waals surface area contributed by atoms with Crippen molar-refractivity contribution in [3.8, 4) is 17.5 Å². The van der Waals surface area contributed by atoms with Crippen LogP contribution in [-0.4, -0.2) is 34.3 Å². The van der Waals surface area contributed by atoms with E-state index in [-0.39, 0.29) is 17.9 Å². The van der Waals surface area contributed by atoms with Gasteiger partial charge in [-0.2, -0.15) is 5.10 Å². The van der Waals surface area contributed by atoms with Gasteiger partial charge in [-0.3, -0.25) is 9.36 Å². The molecule has 0 spiro atoms. The molecule has 0 radical (unpaired) electrons. The van der Waals surface area contributed by atoms with Gasteiger partial charge in [0.1, 0.15) is 35.9 Å². The molecule has 184 valence electrons. The Hall–Kier alpha value is -5.36. The molecule has 4 aromatic heterocycles. The first-order valence-electron chi connectivity index (χ1n) is 12.0. The van der Waals surface area contributed by atoms with Gasteiger partial charge in [-0.15, -0.1) is 0 Å². The highest BCUT2D eigenvalue weighted by Gasteiger charge is 2.20. The Morgan fingerprint density at radius 1 is 0.868 bits per heavy atom. The van der Waals surface area contributed by atoms with Crippen LogP contribution in [0.15, 0.2) is 78.0 Å². The molecular weight excluding hydrogens is 476 g/mol. The van der Waals surface area contributed by atoms with E-state index in [1.807, 2.05) is 74.5 Å². The highest BCUT2D eigenvalue weighted by Crippen LogP contribution is 2.23. The van der Waals surface area contributed by atoms with Crippen molar-refractivity contribution in [3.05, 3.63) is 112 Å². The monoisotopic (exact) mass is 498 g/mol. The van der Waals surface area contributed by atoms with Gasteiger partial charge in [0.25, 0.3) is 5.56 Å². The Bertz CT molecular complexity index is 1960. The van der Waals surface area contributed by atoms with E-state index in [0.29, 0.717) is 39.1 Å². The van der Waals surface area contributed by atoms with Crippen molar-refractivity contribution in [3.63, 3.8) is 0 Å². The van der Waals surface area contributed by atoms with Crippen molar-refractivity contribution in [1.82, 2.24) is 34.3 Å². The van der Waals surface area contributed by atoms with Crippen molar-refractivity contribution in [2.75, 3.05) is 5.73 Å². The average Bonchev–Trinajstić information content (AvgIpc) is 3.27. The molecule has 0 saturated carbocycles. The van der Waals surface area contributed by atoms with E-state index in [0.717, 1.165) is 16.8 Å². The Morgan fingerprint density at radius 2 is 1.68 bits per heavy atom. The van der Waals surface area contributed by atoms with Crippen LogP contribution in [0.4, 0.5) is 5.82 Å². The zero-order valence-corrected chi connectivity index (χ0v) is 20.8. The third-order valence-electron chi connectivity index (χ3n) is 6.36. The molecule has 0 fully saturated rings. The van der Waals surface area contributed by atoms with Crippen molar-refractivity contribution in [2.24, 2.45) is 0 Å². The van der Waals surface area contributed by atoms with Gasteiger partial charge in [-0.25, -0.2) is 24.6 Å². The summed E-state index contributed by atoms with van der Waals surface area (Å²) in [7, 11) is 0. The minimum absolute atomic E-state index is 0.141. The van der Waals surface area contributed by atoms with Crippen molar-refractivity contribution in [1.29, 1.82) is 0 Å². The summed E-state index contributed by atoms with van der Waals surface area (Å²) in [6.45, 7) is 4.04. The predicted octanol–water partition coefficient (Wildman–Crippen LogP) is 3.57. The lowest BCUT2D eigenvalue weighted by atomic mass is 10.1. The number of anilines is 1. The number of benzene rings is 2. The van der Waals surface area contributed by atoms with Gasteiger partial charge < -0.3 is 5.73 Å². The number of hydrogen-bond acceptors (Lipinski definition) is 7. The largest absolute Gasteiger partial charge is 0.383 e. The van der Waals surface area contributed by atoms with Crippen LogP contribution in [0.5, 0.6) is 0 Å². The summed E-state index contributed by atoms with van der Waals surface area (Å²) in [6, 6.07) is 18.9. The van der Waals surface area contributed by atoms with E-state index in [1.54, 1.807) is 15.4 Å². The molecule has 38 heavy (non-hydrogen) atoms. The highest BCUT2D eigenvalue weighted by atomic mass is 16.1. The molecule has 0 bridgehead atoms. The minimum Gasteiger partial charge on any atom is -0.383 e. The fourth-order valence-corrected chi connectivity index (χ4v) is 4.53. The van der Waals surface area contributed by atoms with Crippen LogP contribution >= 0.6 is 0 Å². The van der Waals surface area contributed by atoms with Gasteiger partial charge in [-0.05, 0) is 61.1 Å². The first-order chi connectivity index (χ1) is 18.5. The molecule has 0 aliphatic carbocycles. The Kier molecular flexibility index (Phi) is 5.62. The fraction of sp³-hybridized carbons (Fsp3) is 0.103. The van der Waals surface area contributed by atoms with Gasteiger partial charge in [-0.1, -0.05) is 36.4 Å². The molecule has 0 aliphatic rings. The van der Waals surface area contributed by atoms with Crippen LogP contribution in [0, 0.1) is 25.7 Å². The summed E-state index contributed by atoms with van der Waals surface area (Å²) < 4.78 is 3.32. The van der Waals surface area contributed by atoms with E-state index in [1.165, 1.54) is 6.33 Å². The molecule has 9 nitrogen and oxygen atoms in total. The van der Waals surface area contributed by atoms with Crippen LogP contribution in [0.1, 0.15) is 28.3 Å². The highest BCUT2D eigenvalue weighted by molar-refractivity contribution is 5.90. The molecule has 0 atom stereocenters. The van der Waals surface area contributed by atoms with E-state index in [9.17, 15) is 4.79 Å². The third-order valence-corrected chi connectivity index (χ3v) is 6.36. The summed E-state index contributed by atoms with van der Waals surface area (Å²) in [5.41, 5.74) is 10.8. The lowest BCUT2D eigenvalue weighted by molar-refractivity contribution is 0.647. The smallest absolute Gasteiger partial charge is 0.266 e. The molecule has 6 rings (SSSR count). The summed E-state index contributed by atoms with van der Waals surface area (Å²) in [5.74, 6) is 6.86. The van der Waals surface area contributed by atoms with Crippen LogP contribution < -0.4 is 11.3 Å². The number of rotatable bonds is 3. The predicted molar refractivity (Wildman–Crippen MR) is 146 cm³/mol. The summed E-state index contributed by atoms with van der Waals surface area (Å²) in [6.07, 6.45) is 3.06. The summed E-state index contributed by atoms with van der Waals surface area (Å²) in [4.78, 5) is 31.7. The Balaban J connectivity index is 1.58. The van der Waals surface area contributed by atoms with E-state index < -0.39 is 0 Å². The first-order valence-corrected chi connectivity index (χ1v) is 12.0. The quantitative estimate of drug-likeness (QED) is 0.371. The van der Waals surface area contributed by atoms with Crippen LogP contribution in [0.3, 0.4) is 0 Å². The molecule has 0 aliphatic heterocycles.